The van der Waals surface area contributed by atoms with Gasteiger partial charge in [0, 0.05) is 5.69 Å². The molecule has 0 aliphatic carbocycles. The number of benzene rings is 2. The summed E-state index contributed by atoms with van der Waals surface area (Å²) in [7, 11) is 0. The quantitative estimate of drug-likeness (QED) is 0.747. The van der Waals surface area contributed by atoms with Gasteiger partial charge in [0.15, 0.2) is 5.82 Å². The summed E-state index contributed by atoms with van der Waals surface area (Å²) in [6.07, 6.45) is 1.57. The van der Waals surface area contributed by atoms with E-state index in [1.165, 1.54) is 5.56 Å². The fourth-order valence-corrected chi connectivity index (χ4v) is 2.73. The second kappa shape index (κ2) is 6.97. The van der Waals surface area contributed by atoms with Gasteiger partial charge in [-0.15, -0.1) is 5.10 Å². The standard InChI is InChI=1S/C19H18N6/c1-12-8-13(2)18(14(3)9-12)23-17-11-21-25-19(24-17)22-16-7-5-4-6-15(16)10-20/h4-9,11H,1-3H3,(H2,22,23,24,25). The van der Waals surface area contributed by atoms with Crippen molar-refractivity contribution in [3.8, 4) is 6.07 Å². The van der Waals surface area contributed by atoms with Crippen LogP contribution >= 0.6 is 0 Å². The highest BCUT2D eigenvalue weighted by Gasteiger charge is 2.08. The first kappa shape index (κ1) is 16.4. The Bertz CT molecular complexity index is 935. The third-order valence-electron chi connectivity index (χ3n) is 3.78. The second-order valence-corrected chi connectivity index (χ2v) is 5.85. The van der Waals surface area contributed by atoms with Crippen LogP contribution in [0, 0.1) is 32.1 Å². The van der Waals surface area contributed by atoms with Crippen molar-refractivity contribution in [2.45, 2.75) is 20.8 Å². The van der Waals surface area contributed by atoms with Crippen LogP contribution in [0.4, 0.5) is 23.1 Å². The van der Waals surface area contributed by atoms with Crippen molar-refractivity contribution in [1.29, 1.82) is 5.26 Å². The van der Waals surface area contributed by atoms with Crippen LogP contribution in [0.25, 0.3) is 0 Å². The molecule has 0 saturated heterocycles. The molecule has 6 nitrogen and oxygen atoms in total. The Morgan fingerprint density at radius 1 is 1.00 bits per heavy atom. The van der Waals surface area contributed by atoms with Crippen LogP contribution in [0.15, 0.2) is 42.6 Å². The highest BCUT2D eigenvalue weighted by molar-refractivity contribution is 5.67. The number of hydrogen-bond acceptors (Lipinski definition) is 6. The monoisotopic (exact) mass is 330 g/mol. The molecule has 2 aromatic carbocycles. The van der Waals surface area contributed by atoms with Gasteiger partial charge in [-0.1, -0.05) is 29.8 Å². The molecule has 0 aliphatic rings. The summed E-state index contributed by atoms with van der Waals surface area (Å²) in [6, 6.07) is 13.6. The fraction of sp³-hybridized carbons (Fsp3) is 0.158. The van der Waals surface area contributed by atoms with Crippen molar-refractivity contribution in [3.63, 3.8) is 0 Å². The van der Waals surface area contributed by atoms with E-state index < -0.39 is 0 Å². The molecule has 2 N–H and O–H groups in total. The first-order valence-electron chi connectivity index (χ1n) is 7.87. The molecule has 1 aromatic heterocycles. The minimum Gasteiger partial charge on any atom is -0.338 e. The molecule has 0 bridgehead atoms. The molecule has 0 unspecified atom stereocenters. The Balaban J connectivity index is 1.87. The number of anilines is 4. The molecule has 0 aliphatic heterocycles. The second-order valence-electron chi connectivity index (χ2n) is 5.85. The number of nitrogens with zero attached hydrogens (tertiary/aromatic N) is 4. The molecule has 25 heavy (non-hydrogen) atoms. The lowest BCUT2D eigenvalue weighted by atomic mass is 10.1. The van der Waals surface area contributed by atoms with Crippen LogP contribution in [0.1, 0.15) is 22.3 Å². The van der Waals surface area contributed by atoms with Crippen molar-refractivity contribution in [3.05, 3.63) is 64.8 Å². The van der Waals surface area contributed by atoms with Crippen LogP contribution < -0.4 is 10.6 Å². The molecule has 6 heteroatoms. The number of aromatic nitrogens is 3. The van der Waals surface area contributed by atoms with Gasteiger partial charge >= 0.3 is 0 Å². The molecule has 0 spiro atoms. The lowest BCUT2D eigenvalue weighted by Crippen LogP contribution is -2.04. The summed E-state index contributed by atoms with van der Waals surface area (Å²) in [6.45, 7) is 6.18. The summed E-state index contributed by atoms with van der Waals surface area (Å²) >= 11 is 0. The summed E-state index contributed by atoms with van der Waals surface area (Å²) in [4.78, 5) is 4.44. The SMILES string of the molecule is Cc1cc(C)c(Nc2cnnc(Nc3ccccc3C#N)n2)c(C)c1. The summed E-state index contributed by atoms with van der Waals surface area (Å²) < 4.78 is 0. The van der Waals surface area contributed by atoms with E-state index >= 15 is 0 Å². The van der Waals surface area contributed by atoms with E-state index in [4.69, 9.17) is 0 Å². The van der Waals surface area contributed by atoms with Crippen molar-refractivity contribution in [2.75, 3.05) is 10.6 Å². The highest BCUT2D eigenvalue weighted by atomic mass is 15.3. The summed E-state index contributed by atoms with van der Waals surface area (Å²) in [5, 5.41) is 23.5. The van der Waals surface area contributed by atoms with Gasteiger partial charge in [0.25, 0.3) is 0 Å². The zero-order chi connectivity index (χ0) is 17.8. The largest absolute Gasteiger partial charge is 0.338 e. The number of rotatable bonds is 4. The molecule has 124 valence electrons. The average Bonchev–Trinajstić information content (AvgIpc) is 2.59. The van der Waals surface area contributed by atoms with Crippen LogP contribution in [0.5, 0.6) is 0 Å². The van der Waals surface area contributed by atoms with Gasteiger partial charge in [0.05, 0.1) is 17.4 Å². The molecule has 0 radical (unpaired) electrons. The van der Waals surface area contributed by atoms with Gasteiger partial charge in [-0.05, 0) is 44.0 Å². The maximum atomic E-state index is 9.17. The van der Waals surface area contributed by atoms with E-state index in [1.807, 2.05) is 12.1 Å². The zero-order valence-corrected chi connectivity index (χ0v) is 14.3. The Morgan fingerprint density at radius 2 is 1.72 bits per heavy atom. The number of nitriles is 1. The topological polar surface area (TPSA) is 86.5 Å². The number of hydrogen-bond donors (Lipinski definition) is 2. The fourth-order valence-electron chi connectivity index (χ4n) is 2.73. The molecule has 3 rings (SSSR count). The van der Waals surface area contributed by atoms with E-state index in [1.54, 1.807) is 18.3 Å². The van der Waals surface area contributed by atoms with Gasteiger partial charge in [0.1, 0.15) is 6.07 Å². The first-order chi connectivity index (χ1) is 12.1. The first-order valence-corrected chi connectivity index (χ1v) is 7.87. The molecule has 0 atom stereocenters. The molecular formula is C19H18N6. The van der Waals surface area contributed by atoms with Crippen molar-refractivity contribution in [1.82, 2.24) is 15.2 Å². The minimum atomic E-state index is 0.329. The van der Waals surface area contributed by atoms with Gasteiger partial charge in [-0.3, -0.25) is 0 Å². The maximum absolute atomic E-state index is 9.17. The molecule has 3 aromatic rings. The molecule has 0 amide bonds. The Hall–Kier alpha value is -3.46. The smallest absolute Gasteiger partial charge is 0.249 e. The van der Waals surface area contributed by atoms with Crippen LogP contribution in [0.2, 0.25) is 0 Å². The van der Waals surface area contributed by atoms with Crippen LogP contribution in [-0.4, -0.2) is 15.2 Å². The third-order valence-corrected chi connectivity index (χ3v) is 3.78. The predicted octanol–water partition coefficient (Wildman–Crippen LogP) is 4.16. The third kappa shape index (κ3) is 3.72. The van der Waals surface area contributed by atoms with E-state index in [0.717, 1.165) is 16.8 Å². The van der Waals surface area contributed by atoms with E-state index in [0.29, 0.717) is 23.0 Å². The highest BCUT2D eigenvalue weighted by Crippen LogP contribution is 2.25. The van der Waals surface area contributed by atoms with Gasteiger partial charge in [0.2, 0.25) is 5.95 Å². The van der Waals surface area contributed by atoms with E-state index in [9.17, 15) is 5.26 Å². The van der Waals surface area contributed by atoms with E-state index in [-0.39, 0.29) is 0 Å². The Kier molecular flexibility index (Phi) is 4.57. The molecule has 0 saturated carbocycles. The number of nitrogens with one attached hydrogen (secondary N) is 2. The molecule has 0 fully saturated rings. The van der Waals surface area contributed by atoms with Crippen molar-refractivity contribution < 1.29 is 0 Å². The van der Waals surface area contributed by atoms with Gasteiger partial charge < -0.3 is 10.6 Å². The predicted molar refractivity (Wildman–Crippen MR) is 98.2 cm³/mol. The van der Waals surface area contributed by atoms with Gasteiger partial charge in [-0.25, -0.2) is 0 Å². The zero-order valence-electron chi connectivity index (χ0n) is 14.3. The Labute approximate surface area is 146 Å². The summed E-state index contributed by atoms with van der Waals surface area (Å²) in [5.41, 5.74) is 5.67. The minimum absolute atomic E-state index is 0.329. The van der Waals surface area contributed by atoms with Crippen molar-refractivity contribution in [2.24, 2.45) is 0 Å². The maximum Gasteiger partial charge on any atom is 0.249 e. The average molecular weight is 330 g/mol. The van der Waals surface area contributed by atoms with Gasteiger partial charge in [-0.2, -0.15) is 15.3 Å². The number of para-hydroxylation sites is 1. The molecular weight excluding hydrogens is 312 g/mol. The number of aryl methyl sites for hydroxylation is 3. The lowest BCUT2D eigenvalue weighted by molar-refractivity contribution is 0.981. The molecule has 1 heterocycles. The van der Waals surface area contributed by atoms with Crippen molar-refractivity contribution >= 4 is 23.1 Å². The summed E-state index contributed by atoms with van der Waals surface area (Å²) in [5.74, 6) is 0.914. The van der Waals surface area contributed by atoms with E-state index in [2.05, 4.69) is 64.8 Å². The lowest BCUT2D eigenvalue weighted by Gasteiger charge is -2.13. The van der Waals surface area contributed by atoms with Crippen LogP contribution in [-0.2, 0) is 0 Å². The Morgan fingerprint density at radius 3 is 2.44 bits per heavy atom. The van der Waals surface area contributed by atoms with Crippen LogP contribution in [0.3, 0.4) is 0 Å². The normalized spacial score (nSPS) is 10.2.